The van der Waals surface area contributed by atoms with Crippen LogP contribution in [0.25, 0.3) is 0 Å². The fourth-order valence-electron chi connectivity index (χ4n) is 2.83. The molecule has 0 amide bonds. The molecule has 0 bridgehead atoms. The average molecular weight is 309 g/mol. The van der Waals surface area contributed by atoms with E-state index in [9.17, 15) is 19.7 Å². The summed E-state index contributed by atoms with van der Waals surface area (Å²) >= 11 is 0. The molecule has 0 N–H and O–H groups in total. The Balaban J connectivity index is 2.49. The highest BCUT2D eigenvalue weighted by Crippen LogP contribution is 2.62. The molecular formula is C14H15NO7. The Kier molecular flexibility index (Phi) is 4.03. The van der Waals surface area contributed by atoms with Gasteiger partial charge in [0, 0.05) is 4.92 Å². The third kappa shape index (κ3) is 2.07. The molecule has 8 heteroatoms. The molecule has 1 aromatic carbocycles. The molecule has 0 unspecified atom stereocenters. The first kappa shape index (κ1) is 15.7. The highest BCUT2D eigenvalue weighted by Gasteiger charge is 2.85. The molecule has 2 rings (SSSR count). The highest BCUT2D eigenvalue weighted by molar-refractivity contribution is 6.06. The summed E-state index contributed by atoms with van der Waals surface area (Å²) in [6.07, 6.45) is 0. The van der Waals surface area contributed by atoms with E-state index in [1.54, 1.807) is 24.3 Å². The number of carbonyl (C=O) groups is 2. The molecule has 0 saturated heterocycles. The Bertz CT molecular complexity index is 594. The second-order valence-electron chi connectivity index (χ2n) is 4.83. The summed E-state index contributed by atoms with van der Waals surface area (Å²) in [5.41, 5.74) is -1.47. The number of esters is 2. The van der Waals surface area contributed by atoms with Crippen LogP contribution in [0.3, 0.4) is 0 Å². The highest BCUT2D eigenvalue weighted by atomic mass is 16.6. The Morgan fingerprint density at radius 1 is 1.09 bits per heavy atom. The normalized spacial score (nSPS) is 21.6. The molecule has 1 aliphatic rings. The topological polar surface area (TPSA) is 105 Å². The zero-order valence-corrected chi connectivity index (χ0v) is 12.3. The molecule has 0 heterocycles. The first-order chi connectivity index (χ1) is 10.4. The van der Waals surface area contributed by atoms with Gasteiger partial charge in [0.05, 0.1) is 27.2 Å². The second-order valence-corrected chi connectivity index (χ2v) is 4.83. The van der Waals surface area contributed by atoms with Gasteiger partial charge >= 0.3 is 11.9 Å². The van der Waals surface area contributed by atoms with Crippen molar-refractivity contribution < 1.29 is 28.7 Å². The molecule has 1 fully saturated rings. The molecule has 1 saturated carbocycles. The van der Waals surface area contributed by atoms with E-state index in [0.29, 0.717) is 11.3 Å². The van der Waals surface area contributed by atoms with Crippen molar-refractivity contribution >= 4 is 11.9 Å². The van der Waals surface area contributed by atoms with Gasteiger partial charge in [-0.25, -0.2) is 0 Å². The van der Waals surface area contributed by atoms with Crippen LogP contribution in [-0.2, 0) is 19.1 Å². The summed E-state index contributed by atoms with van der Waals surface area (Å²) in [4.78, 5) is 34.8. The van der Waals surface area contributed by atoms with E-state index >= 15 is 0 Å². The molecular weight excluding hydrogens is 294 g/mol. The number of rotatable bonds is 5. The maximum Gasteiger partial charge on any atom is 0.331 e. The van der Waals surface area contributed by atoms with Crippen LogP contribution in [-0.4, -0.2) is 44.2 Å². The van der Waals surface area contributed by atoms with Gasteiger partial charge in [-0.2, -0.15) is 0 Å². The van der Waals surface area contributed by atoms with Crippen molar-refractivity contribution in [3.05, 3.63) is 39.9 Å². The average Bonchev–Trinajstić information content (AvgIpc) is 3.25. The first-order valence-electron chi connectivity index (χ1n) is 6.39. The van der Waals surface area contributed by atoms with E-state index in [-0.39, 0.29) is 0 Å². The van der Waals surface area contributed by atoms with Crippen LogP contribution in [0, 0.1) is 15.5 Å². The fraction of sp³-hybridized carbons (Fsp3) is 0.429. The largest absolute Gasteiger partial charge is 0.497 e. The minimum absolute atomic E-state index is 0.471. The van der Waals surface area contributed by atoms with E-state index in [0.717, 1.165) is 14.2 Å². The monoisotopic (exact) mass is 309 g/mol. The Morgan fingerprint density at radius 2 is 1.59 bits per heavy atom. The summed E-state index contributed by atoms with van der Waals surface area (Å²) in [5, 5.41) is 11.3. The first-order valence-corrected chi connectivity index (χ1v) is 6.39. The van der Waals surface area contributed by atoms with Gasteiger partial charge in [0.1, 0.15) is 5.75 Å². The van der Waals surface area contributed by atoms with E-state index in [1.165, 1.54) is 7.11 Å². The van der Waals surface area contributed by atoms with Crippen LogP contribution in [0.2, 0.25) is 0 Å². The van der Waals surface area contributed by atoms with Crippen LogP contribution in [0.15, 0.2) is 24.3 Å². The van der Waals surface area contributed by atoms with E-state index in [2.05, 4.69) is 9.47 Å². The second kappa shape index (κ2) is 5.63. The zero-order valence-electron chi connectivity index (χ0n) is 12.3. The maximum atomic E-state index is 12.1. The number of carbonyl (C=O) groups excluding carboxylic acids is 2. The minimum atomic E-state index is -1.94. The molecule has 0 radical (unpaired) electrons. The lowest BCUT2D eigenvalue weighted by Gasteiger charge is -2.10. The molecule has 2 atom stereocenters. The van der Waals surface area contributed by atoms with E-state index in [4.69, 9.17) is 4.74 Å². The van der Waals surface area contributed by atoms with Gasteiger partial charge in [0.15, 0.2) is 0 Å². The number of nitrogens with zero attached hydrogens (tertiary/aromatic N) is 1. The standard InChI is InChI=1S/C14H15NO7/c1-20-9-6-4-8(5-7-9)10-11(15(18)19)14(10,12(16)21-2)13(17)22-3/h4-7,10-11H,1-3H3/t10-,11-/m0/s1. The SMILES string of the molecule is COC(=O)C1(C(=O)OC)[C@@H]([N+](=O)[O-])[C@@H]1c1ccc(OC)cc1. The number of hydrogen-bond donors (Lipinski definition) is 0. The number of methoxy groups -OCH3 is 3. The van der Waals surface area contributed by atoms with Crippen LogP contribution in [0.1, 0.15) is 11.5 Å². The van der Waals surface area contributed by atoms with Gasteiger partial charge in [-0.3, -0.25) is 19.7 Å². The molecule has 22 heavy (non-hydrogen) atoms. The van der Waals surface area contributed by atoms with Gasteiger partial charge in [-0.1, -0.05) is 12.1 Å². The molecule has 0 spiro atoms. The Hall–Kier alpha value is -2.64. The molecule has 0 aliphatic heterocycles. The van der Waals surface area contributed by atoms with Crippen molar-refractivity contribution in [2.45, 2.75) is 12.0 Å². The maximum absolute atomic E-state index is 12.1. The van der Waals surface area contributed by atoms with Gasteiger partial charge in [0.25, 0.3) is 0 Å². The van der Waals surface area contributed by atoms with Crippen molar-refractivity contribution in [3.63, 3.8) is 0 Å². The number of hydrogen-bond acceptors (Lipinski definition) is 7. The quantitative estimate of drug-likeness (QED) is 0.342. The van der Waals surface area contributed by atoms with Crippen molar-refractivity contribution in [1.82, 2.24) is 0 Å². The fourth-order valence-corrected chi connectivity index (χ4v) is 2.83. The molecule has 8 nitrogen and oxygen atoms in total. The lowest BCUT2D eigenvalue weighted by molar-refractivity contribution is -0.501. The predicted octanol–water partition coefficient (Wildman–Crippen LogP) is 0.770. The van der Waals surface area contributed by atoms with Crippen LogP contribution < -0.4 is 4.74 Å². The van der Waals surface area contributed by atoms with Crippen molar-refractivity contribution in [3.8, 4) is 5.75 Å². The predicted molar refractivity (Wildman–Crippen MR) is 73.0 cm³/mol. The summed E-state index contributed by atoms with van der Waals surface area (Å²) in [7, 11) is 3.64. The van der Waals surface area contributed by atoms with Crippen molar-refractivity contribution in [1.29, 1.82) is 0 Å². The van der Waals surface area contributed by atoms with E-state index in [1.807, 2.05) is 0 Å². The molecule has 118 valence electrons. The summed E-state index contributed by atoms with van der Waals surface area (Å²) in [6.45, 7) is 0. The van der Waals surface area contributed by atoms with Crippen LogP contribution in [0.4, 0.5) is 0 Å². The zero-order chi connectivity index (χ0) is 16.5. The lowest BCUT2D eigenvalue weighted by Crippen LogP contribution is -2.34. The number of benzene rings is 1. The third-order valence-electron chi connectivity index (χ3n) is 3.91. The summed E-state index contributed by atoms with van der Waals surface area (Å²) < 4.78 is 14.2. The number of ether oxygens (including phenoxy) is 3. The summed E-state index contributed by atoms with van der Waals surface area (Å²) in [5.74, 6) is -2.32. The molecule has 1 aliphatic carbocycles. The minimum Gasteiger partial charge on any atom is -0.497 e. The van der Waals surface area contributed by atoms with Crippen molar-refractivity contribution in [2.24, 2.45) is 5.41 Å². The third-order valence-corrected chi connectivity index (χ3v) is 3.91. The number of nitro groups is 1. The van der Waals surface area contributed by atoms with Gasteiger partial charge < -0.3 is 14.2 Å². The summed E-state index contributed by atoms with van der Waals surface area (Å²) in [6, 6.07) is 4.94. The van der Waals surface area contributed by atoms with Crippen molar-refractivity contribution in [2.75, 3.05) is 21.3 Å². The van der Waals surface area contributed by atoms with Gasteiger partial charge in [-0.15, -0.1) is 0 Å². The van der Waals surface area contributed by atoms with E-state index < -0.39 is 34.2 Å². The van der Waals surface area contributed by atoms with Gasteiger partial charge in [0.2, 0.25) is 11.5 Å². The Morgan fingerprint density at radius 3 is 1.95 bits per heavy atom. The van der Waals surface area contributed by atoms with Gasteiger partial charge in [-0.05, 0) is 17.7 Å². The van der Waals surface area contributed by atoms with Crippen LogP contribution in [0.5, 0.6) is 5.75 Å². The molecule has 1 aromatic rings. The lowest BCUT2D eigenvalue weighted by atomic mass is 9.99. The Labute approximate surface area is 126 Å². The smallest absolute Gasteiger partial charge is 0.331 e. The molecule has 0 aromatic heterocycles. The van der Waals surface area contributed by atoms with Crippen LogP contribution >= 0.6 is 0 Å².